The van der Waals surface area contributed by atoms with Crippen LogP contribution >= 0.6 is 11.6 Å². The predicted octanol–water partition coefficient (Wildman–Crippen LogP) is 5.66. The molecular weight excluding hydrogens is 528 g/mol. The van der Waals surface area contributed by atoms with Gasteiger partial charge in [0.25, 0.3) is 5.91 Å². The maximum atomic E-state index is 14.3. The number of benzene rings is 3. The van der Waals surface area contributed by atoms with E-state index < -0.39 is 17.5 Å². The van der Waals surface area contributed by atoms with Crippen LogP contribution in [0.5, 0.6) is 5.75 Å². The molecule has 2 heterocycles. The third kappa shape index (κ3) is 6.59. The fourth-order valence-electron chi connectivity index (χ4n) is 4.24. The van der Waals surface area contributed by atoms with Crippen LogP contribution in [0.2, 0.25) is 5.02 Å². The van der Waals surface area contributed by atoms with Crippen molar-refractivity contribution in [2.24, 2.45) is 0 Å². The molecule has 39 heavy (non-hydrogen) atoms. The van der Waals surface area contributed by atoms with Crippen molar-refractivity contribution in [1.29, 1.82) is 0 Å². The Hall–Kier alpha value is -3.86. The summed E-state index contributed by atoms with van der Waals surface area (Å²) in [5.41, 5.74) is 1.30. The lowest BCUT2D eigenvalue weighted by atomic mass is 10.1. The number of hydrogen-bond donors (Lipinski definition) is 2. The molecule has 0 spiro atoms. The molecule has 1 aliphatic rings. The van der Waals surface area contributed by atoms with Gasteiger partial charge >= 0.3 is 0 Å². The van der Waals surface area contributed by atoms with Gasteiger partial charge in [-0.1, -0.05) is 23.7 Å². The zero-order valence-electron chi connectivity index (χ0n) is 20.9. The van der Waals surface area contributed by atoms with E-state index in [1.165, 1.54) is 42.7 Å². The summed E-state index contributed by atoms with van der Waals surface area (Å²) >= 11 is 5.93. The van der Waals surface area contributed by atoms with Gasteiger partial charge in [-0.3, -0.25) is 9.69 Å². The van der Waals surface area contributed by atoms with Gasteiger partial charge in [-0.25, -0.2) is 18.7 Å². The zero-order chi connectivity index (χ0) is 27.2. The molecule has 1 aromatic heterocycles. The second kappa shape index (κ2) is 12.3. The van der Waals surface area contributed by atoms with Crippen molar-refractivity contribution in [3.63, 3.8) is 0 Å². The van der Waals surface area contributed by atoms with Gasteiger partial charge < -0.3 is 20.1 Å². The Labute approximate surface area is 228 Å². The molecule has 0 atom stereocenters. The first-order valence-corrected chi connectivity index (χ1v) is 12.9. The first-order valence-electron chi connectivity index (χ1n) is 12.5. The largest absolute Gasteiger partial charge is 0.491 e. The van der Waals surface area contributed by atoms with Crippen molar-refractivity contribution in [2.75, 3.05) is 50.1 Å². The Bertz CT molecular complexity index is 1480. The van der Waals surface area contributed by atoms with Gasteiger partial charge in [0.05, 0.1) is 41.6 Å². The number of morpholine rings is 1. The molecule has 1 fully saturated rings. The molecule has 0 radical (unpaired) electrons. The van der Waals surface area contributed by atoms with Gasteiger partial charge in [0, 0.05) is 36.8 Å². The van der Waals surface area contributed by atoms with Crippen molar-refractivity contribution < 1.29 is 23.0 Å². The maximum absolute atomic E-state index is 14.3. The summed E-state index contributed by atoms with van der Waals surface area (Å²) < 4.78 is 39.4. The molecule has 1 saturated heterocycles. The zero-order valence-corrected chi connectivity index (χ0v) is 21.7. The van der Waals surface area contributed by atoms with E-state index in [9.17, 15) is 13.6 Å². The highest BCUT2D eigenvalue weighted by Crippen LogP contribution is 2.34. The fourth-order valence-corrected chi connectivity index (χ4v) is 4.42. The van der Waals surface area contributed by atoms with E-state index in [0.29, 0.717) is 40.5 Å². The number of hydrogen-bond acceptors (Lipinski definition) is 7. The van der Waals surface area contributed by atoms with Gasteiger partial charge in [0.15, 0.2) is 0 Å². The summed E-state index contributed by atoms with van der Waals surface area (Å²) in [5.74, 6) is -1.00. The average Bonchev–Trinajstić information content (AvgIpc) is 2.94. The standard InChI is InChI=1S/C28H26ClF2N5O3/c29-21-14-18(6-7-23(21)31)34-27-20-15-25(35-28(37)19-4-1-2-5-22(19)30)26(16-24(20)32-17-33-27)39-11-3-8-36-9-12-38-13-10-36/h1-2,4-7,14-17H,3,8-13H2,(H,35,37)(H,32,33,34). The Balaban J connectivity index is 1.43. The topological polar surface area (TPSA) is 88.6 Å². The molecule has 0 saturated carbocycles. The van der Waals surface area contributed by atoms with Gasteiger partial charge in [0.2, 0.25) is 0 Å². The highest BCUT2D eigenvalue weighted by atomic mass is 35.5. The van der Waals surface area contributed by atoms with E-state index in [2.05, 4.69) is 25.5 Å². The third-order valence-corrected chi connectivity index (χ3v) is 6.56. The molecule has 4 aromatic rings. The van der Waals surface area contributed by atoms with Crippen LogP contribution in [-0.4, -0.2) is 60.2 Å². The molecule has 8 nitrogen and oxygen atoms in total. The molecule has 5 rings (SSSR count). The smallest absolute Gasteiger partial charge is 0.258 e. The summed E-state index contributed by atoms with van der Waals surface area (Å²) in [4.78, 5) is 24.0. The Morgan fingerprint density at radius 3 is 2.67 bits per heavy atom. The maximum Gasteiger partial charge on any atom is 0.258 e. The van der Waals surface area contributed by atoms with Crippen LogP contribution < -0.4 is 15.4 Å². The lowest BCUT2D eigenvalue weighted by Gasteiger charge is -2.26. The number of nitrogens with one attached hydrogen (secondary N) is 2. The van der Waals surface area contributed by atoms with Crippen molar-refractivity contribution >= 4 is 45.6 Å². The number of anilines is 3. The molecule has 11 heteroatoms. The van der Waals surface area contributed by atoms with Crippen LogP contribution in [0.1, 0.15) is 16.8 Å². The molecule has 202 valence electrons. The molecule has 1 aliphatic heterocycles. The van der Waals surface area contributed by atoms with Crippen LogP contribution in [-0.2, 0) is 4.74 Å². The first-order chi connectivity index (χ1) is 19.0. The van der Waals surface area contributed by atoms with Crippen LogP contribution in [0, 0.1) is 11.6 Å². The number of carbonyl (C=O) groups is 1. The number of amides is 1. The monoisotopic (exact) mass is 553 g/mol. The minimum atomic E-state index is -0.636. The van der Waals surface area contributed by atoms with Crippen molar-refractivity contribution in [3.8, 4) is 5.75 Å². The Kier molecular flexibility index (Phi) is 8.45. The third-order valence-electron chi connectivity index (χ3n) is 6.27. The molecule has 0 aliphatic carbocycles. The van der Waals surface area contributed by atoms with Gasteiger partial charge in [-0.05, 0) is 42.8 Å². The van der Waals surface area contributed by atoms with E-state index in [4.69, 9.17) is 21.1 Å². The summed E-state index contributed by atoms with van der Waals surface area (Å²) in [6.45, 7) is 4.45. The van der Waals surface area contributed by atoms with Crippen LogP contribution in [0.3, 0.4) is 0 Å². The van der Waals surface area contributed by atoms with E-state index >= 15 is 0 Å². The molecule has 0 unspecified atom stereocenters. The summed E-state index contributed by atoms with van der Waals surface area (Å²) in [6.07, 6.45) is 2.15. The molecule has 0 bridgehead atoms. The van der Waals surface area contributed by atoms with Crippen LogP contribution in [0.15, 0.2) is 60.9 Å². The van der Waals surface area contributed by atoms with Gasteiger partial charge in [-0.2, -0.15) is 0 Å². The van der Waals surface area contributed by atoms with E-state index in [1.54, 1.807) is 18.2 Å². The van der Waals surface area contributed by atoms with E-state index in [0.717, 1.165) is 39.3 Å². The van der Waals surface area contributed by atoms with Crippen molar-refractivity contribution in [3.05, 3.63) is 83.1 Å². The quantitative estimate of drug-likeness (QED) is 0.259. The number of rotatable bonds is 9. The predicted molar refractivity (Wildman–Crippen MR) is 146 cm³/mol. The fraction of sp³-hybridized carbons (Fsp3) is 0.250. The molecule has 2 N–H and O–H groups in total. The molecular formula is C28H26ClF2N5O3. The number of aromatic nitrogens is 2. The second-order valence-electron chi connectivity index (χ2n) is 8.93. The number of ether oxygens (including phenoxy) is 2. The van der Waals surface area contributed by atoms with Gasteiger partial charge in [0.1, 0.15) is 29.5 Å². The van der Waals surface area contributed by atoms with Crippen LogP contribution in [0.4, 0.5) is 26.0 Å². The molecule has 3 aromatic carbocycles. The van der Waals surface area contributed by atoms with Crippen LogP contribution in [0.25, 0.3) is 10.9 Å². The summed E-state index contributed by atoms with van der Waals surface area (Å²) in [5, 5.41) is 6.41. The summed E-state index contributed by atoms with van der Waals surface area (Å²) in [7, 11) is 0. The summed E-state index contributed by atoms with van der Waals surface area (Å²) in [6, 6.07) is 13.3. The normalized spacial score (nSPS) is 13.8. The van der Waals surface area contributed by atoms with Crippen molar-refractivity contribution in [2.45, 2.75) is 6.42 Å². The lowest BCUT2D eigenvalue weighted by molar-refractivity contribution is 0.0358. The van der Waals surface area contributed by atoms with E-state index in [-0.39, 0.29) is 10.6 Å². The van der Waals surface area contributed by atoms with E-state index in [1.807, 2.05) is 0 Å². The number of fused-ring (bicyclic) bond motifs is 1. The second-order valence-corrected chi connectivity index (χ2v) is 9.34. The SMILES string of the molecule is O=C(Nc1cc2c(Nc3ccc(F)c(Cl)c3)ncnc2cc1OCCCN1CCOCC1)c1ccccc1F. The number of carbonyl (C=O) groups excluding carboxylic acids is 1. The minimum absolute atomic E-state index is 0.0380. The minimum Gasteiger partial charge on any atom is -0.491 e. The van der Waals surface area contributed by atoms with Crippen molar-refractivity contribution in [1.82, 2.24) is 14.9 Å². The first kappa shape index (κ1) is 26.7. The number of halogens is 3. The highest BCUT2D eigenvalue weighted by Gasteiger charge is 2.17. The Morgan fingerprint density at radius 2 is 1.87 bits per heavy atom. The van der Waals surface area contributed by atoms with Gasteiger partial charge in [-0.15, -0.1) is 0 Å². The Morgan fingerprint density at radius 1 is 1.05 bits per heavy atom. The average molecular weight is 554 g/mol. The number of nitrogens with zero attached hydrogens (tertiary/aromatic N) is 3. The molecule has 1 amide bonds. The highest BCUT2D eigenvalue weighted by molar-refractivity contribution is 6.31. The lowest BCUT2D eigenvalue weighted by Crippen LogP contribution is -2.37.